The van der Waals surface area contributed by atoms with Crippen molar-refractivity contribution in [3.8, 4) is 0 Å². The number of nitrogens with one attached hydrogen (secondary N) is 2. The number of amidine groups is 2. The van der Waals surface area contributed by atoms with Gasteiger partial charge >= 0.3 is 0 Å². The zero-order valence-corrected chi connectivity index (χ0v) is 12.8. The van der Waals surface area contributed by atoms with E-state index >= 15 is 0 Å². The van der Waals surface area contributed by atoms with Crippen molar-refractivity contribution in [2.45, 2.75) is 38.8 Å². The number of rotatable bonds is 4. The number of nitrogens with zero attached hydrogens (tertiary/aromatic N) is 4. The maximum absolute atomic E-state index is 4.47. The van der Waals surface area contributed by atoms with Crippen LogP contribution in [-0.2, 0) is 0 Å². The first-order chi connectivity index (χ1) is 8.42. The molecular formula is C12H23ClN6. The van der Waals surface area contributed by atoms with Crippen LogP contribution in [-0.4, -0.2) is 48.9 Å². The van der Waals surface area contributed by atoms with Gasteiger partial charge in [0, 0.05) is 13.1 Å². The summed E-state index contributed by atoms with van der Waals surface area (Å²) in [4.78, 5) is 8.82. The normalized spacial score (nSPS) is 19.6. The van der Waals surface area contributed by atoms with E-state index in [1.807, 2.05) is 27.7 Å². The summed E-state index contributed by atoms with van der Waals surface area (Å²) in [7, 11) is 0. The van der Waals surface area contributed by atoms with Gasteiger partial charge in [-0.05, 0) is 27.7 Å². The Morgan fingerprint density at radius 2 is 1.21 bits per heavy atom. The van der Waals surface area contributed by atoms with Crippen LogP contribution in [0.4, 0.5) is 0 Å². The molecule has 19 heavy (non-hydrogen) atoms. The van der Waals surface area contributed by atoms with E-state index in [4.69, 9.17) is 0 Å². The molecule has 0 aromatic rings. The minimum atomic E-state index is -0.396. The Kier molecular flexibility index (Phi) is 4.90. The van der Waals surface area contributed by atoms with Gasteiger partial charge in [0.1, 0.15) is 22.7 Å². The molecule has 108 valence electrons. The molecule has 6 nitrogen and oxygen atoms in total. The molecule has 2 N–H and O–H groups in total. The molecule has 0 radical (unpaired) electrons. The van der Waals surface area contributed by atoms with Gasteiger partial charge in [0.2, 0.25) is 0 Å². The van der Waals surface area contributed by atoms with Crippen molar-refractivity contribution in [2.24, 2.45) is 20.2 Å². The summed E-state index contributed by atoms with van der Waals surface area (Å²) in [6, 6.07) is 0. The zero-order valence-electron chi connectivity index (χ0n) is 12.0. The Hall–Kier alpha value is -1.17. The number of halogens is 1. The van der Waals surface area contributed by atoms with Gasteiger partial charge in [-0.1, -0.05) is 0 Å². The van der Waals surface area contributed by atoms with E-state index in [-0.39, 0.29) is 12.4 Å². The molecule has 0 saturated heterocycles. The maximum atomic E-state index is 4.47. The van der Waals surface area contributed by atoms with Crippen LogP contribution in [0.3, 0.4) is 0 Å². The van der Waals surface area contributed by atoms with E-state index in [2.05, 4.69) is 30.8 Å². The lowest BCUT2D eigenvalue weighted by molar-refractivity contribution is 0.552. The fourth-order valence-corrected chi connectivity index (χ4v) is 1.96. The second-order valence-electron chi connectivity index (χ2n) is 5.63. The Morgan fingerprint density at radius 3 is 1.47 bits per heavy atom. The Balaban J connectivity index is 0.00000180. The van der Waals surface area contributed by atoms with Crippen molar-refractivity contribution in [3.05, 3.63) is 0 Å². The van der Waals surface area contributed by atoms with Crippen molar-refractivity contribution in [2.75, 3.05) is 26.2 Å². The largest absolute Gasteiger partial charge is 0.370 e. The summed E-state index contributed by atoms with van der Waals surface area (Å²) in [5.41, 5.74) is -0.792. The van der Waals surface area contributed by atoms with E-state index in [1.54, 1.807) is 0 Å². The molecule has 0 unspecified atom stereocenters. The van der Waals surface area contributed by atoms with E-state index < -0.39 is 11.1 Å². The van der Waals surface area contributed by atoms with Crippen LogP contribution in [0.15, 0.2) is 20.2 Å². The second-order valence-corrected chi connectivity index (χ2v) is 5.63. The summed E-state index contributed by atoms with van der Waals surface area (Å²) in [6.07, 6.45) is 0. The van der Waals surface area contributed by atoms with Crippen LogP contribution in [0.25, 0.3) is 0 Å². The quantitative estimate of drug-likeness (QED) is 0.767. The van der Waals surface area contributed by atoms with E-state index in [0.717, 1.165) is 37.9 Å². The lowest BCUT2D eigenvalue weighted by atomic mass is 10.0. The molecule has 0 saturated carbocycles. The van der Waals surface area contributed by atoms with Crippen molar-refractivity contribution in [3.63, 3.8) is 0 Å². The van der Waals surface area contributed by atoms with Crippen molar-refractivity contribution in [1.29, 1.82) is 0 Å². The molecular weight excluding hydrogens is 264 g/mol. The van der Waals surface area contributed by atoms with Crippen molar-refractivity contribution >= 4 is 24.1 Å². The minimum Gasteiger partial charge on any atom is -0.370 e. The molecule has 7 heteroatoms. The smallest absolute Gasteiger partial charge is 0.133 e. The number of hydrogen-bond donors (Lipinski definition) is 2. The third-order valence-corrected chi connectivity index (χ3v) is 3.06. The van der Waals surface area contributed by atoms with Crippen molar-refractivity contribution < 1.29 is 0 Å². The minimum absolute atomic E-state index is 0. The van der Waals surface area contributed by atoms with Gasteiger partial charge in [-0.2, -0.15) is 10.2 Å². The van der Waals surface area contributed by atoms with E-state index in [9.17, 15) is 0 Å². The first-order valence-electron chi connectivity index (χ1n) is 6.43. The van der Waals surface area contributed by atoms with Crippen LogP contribution >= 0.6 is 12.4 Å². The van der Waals surface area contributed by atoms with Gasteiger partial charge < -0.3 is 10.6 Å². The summed E-state index contributed by atoms with van der Waals surface area (Å²) in [6.45, 7) is 11.5. The molecule has 0 atom stereocenters. The summed E-state index contributed by atoms with van der Waals surface area (Å²) >= 11 is 0. The van der Waals surface area contributed by atoms with Crippen molar-refractivity contribution in [1.82, 2.24) is 10.6 Å². The lowest BCUT2D eigenvalue weighted by Gasteiger charge is -2.23. The molecule has 2 heterocycles. The average Bonchev–Trinajstić information content (AvgIpc) is 2.99. The maximum Gasteiger partial charge on any atom is 0.133 e. The molecule has 0 bridgehead atoms. The van der Waals surface area contributed by atoms with E-state index in [1.165, 1.54) is 0 Å². The highest BCUT2D eigenvalue weighted by Gasteiger charge is 2.31. The Labute approximate surface area is 120 Å². The molecule has 0 aliphatic carbocycles. The van der Waals surface area contributed by atoms with Crippen LogP contribution in [0.5, 0.6) is 0 Å². The van der Waals surface area contributed by atoms with Gasteiger partial charge in [-0.3, -0.25) is 9.98 Å². The standard InChI is InChI=1S/C12H22N6.ClH/c1-11(2,9-13-5-6-14-9)17-18-12(3,4)10-15-7-8-16-10;/h5-8H2,1-4H3,(H,13,14)(H,15,16);1H. The van der Waals surface area contributed by atoms with Crippen LogP contribution in [0.2, 0.25) is 0 Å². The molecule has 2 rings (SSSR count). The highest BCUT2D eigenvalue weighted by molar-refractivity contribution is 5.93. The second kappa shape index (κ2) is 5.86. The van der Waals surface area contributed by atoms with Gasteiger partial charge in [-0.25, -0.2) is 0 Å². The molecule has 0 fully saturated rings. The summed E-state index contributed by atoms with van der Waals surface area (Å²) in [5.74, 6) is 1.84. The molecule has 0 amide bonds. The SMILES string of the molecule is CC(C)(N=NC(C)(C)C1=NCCN1)C1=NCCN1.Cl. The summed E-state index contributed by atoms with van der Waals surface area (Å²) in [5, 5.41) is 15.4. The number of hydrogen-bond acceptors (Lipinski definition) is 6. The van der Waals surface area contributed by atoms with E-state index in [0.29, 0.717) is 0 Å². The summed E-state index contributed by atoms with van der Waals surface area (Å²) < 4.78 is 0. The fraction of sp³-hybridized carbons (Fsp3) is 0.833. The molecule has 0 aromatic heterocycles. The Morgan fingerprint density at radius 1 is 0.842 bits per heavy atom. The highest BCUT2D eigenvalue weighted by atomic mass is 35.5. The number of azo groups is 1. The highest BCUT2D eigenvalue weighted by Crippen LogP contribution is 2.19. The van der Waals surface area contributed by atoms with Gasteiger partial charge in [0.25, 0.3) is 0 Å². The number of aliphatic imine (C=N–C) groups is 2. The Bertz CT molecular complexity index is 372. The average molecular weight is 287 g/mol. The third kappa shape index (κ3) is 3.65. The van der Waals surface area contributed by atoms with Gasteiger partial charge in [0.05, 0.1) is 13.1 Å². The molecule has 2 aliphatic rings. The molecule has 2 aliphatic heterocycles. The lowest BCUT2D eigenvalue weighted by Crippen LogP contribution is -2.41. The van der Waals surface area contributed by atoms with Crippen LogP contribution < -0.4 is 10.6 Å². The first-order valence-corrected chi connectivity index (χ1v) is 6.43. The predicted molar refractivity (Wildman–Crippen MR) is 80.9 cm³/mol. The van der Waals surface area contributed by atoms with Gasteiger partial charge in [0.15, 0.2) is 0 Å². The van der Waals surface area contributed by atoms with Crippen LogP contribution in [0.1, 0.15) is 27.7 Å². The predicted octanol–water partition coefficient (Wildman–Crippen LogP) is 1.42. The monoisotopic (exact) mass is 286 g/mol. The first kappa shape index (κ1) is 15.9. The molecule has 0 aromatic carbocycles. The third-order valence-electron chi connectivity index (χ3n) is 3.06. The topological polar surface area (TPSA) is 73.5 Å². The zero-order chi connectivity index (χ0) is 13.2. The fourth-order valence-electron chi connectivity index (χ4n) is 1.96. The molecule has 0 spiro atoms. The van der Waals surface area contributed by atoms with Crippen LogP contribution in [0, 0.1) is 0 Å². The van der Waals surface area contributed by atoms with Gasteiger partial charge in [-0.15, -0.1) is 12.4 Å².